The summed E-state index contributed by atoms with van der Waals surface area (Å²) in [6.45, 7) is 3.62. The average Bonchev–Trinajstić information content (AvgIpc) is 3.09. The van der Waals surface area contributed by atoms with Crippen molar-refractivity contribution >= 4 is 23.2 Å². The molecule has 0 atom stereocenters. The van der Waals surface area contributed by atoms with Crippen LogP contribution >= 0.6 is 0 Å². The van der Waals surface area contributed by atoms with Crippen molar-refractivity contribution in [3.63, 3.8) is 0 Å². The van der Waals surface area contributed by atoms with Crippen LogP contribution in [0.4, 0.5) is 0 Å². The maximum atomic E-state index is 5.96. The van der Waals surface area contributed by atoms with E-state index in [4.69, 9.17) is 9.72 Å². The molecular formula is C25H24N2O. The molecule has 0 amide bonds. The van der Waals surface area contributed by atoms with E-state index in [0.717, 1.165) is 35.6 Å². The van der Waals surface area contributed by atoms with Crippen LogP contribution < -0.4 is 4.74 Å². The van der Waals surface area contributed by atoms with Crippen LogP contribution in [0.25, 0.3) is 23.2 Å². The third-order valence-corrected chi connectivity index (χ3v) is 4.79. The fraction of sp³-hybridized carbons (Fsp3) is 0.160. The predicted molar refractivity (Wildman–Crippen MR) is 116 cm³/mol. The smallest absolute Gasteiger partial charge is 0.133 e. The Balaban J connectivity index is 1.50. The third-order valence-electron chi connectivity index (χ3n) is 4.79. The molecule has 4 rings (SSSR count). The molecule has 0 N–H and O–H groups in total. The summed E-state index contributed by atoms with van der Waals surface area (Å²) in [6, 6.07) is 26.8. The fourth-order valence-corrected chi connectivity index (χ4v) is 3.31. The molecule has 0 saturated heterocycles. The first-order chi connectivity index (χ1) is 13.8. The Labute approximate surface area is 165 Å². The van der Waals surface area contributed by atoms with Crippen molar-refractivity contribution in [2.75, 3.05) is 6.61 Å². The first-order valence-corrected chi connectivity index (χ1v) is 9.68. The molecule has 0 aliphatic carbocycles. The van der Waals surface area contributed by atoms with E-state index in [-0.39, 0.29) is 0 Å². The number of hydrogen-bond donors (Lipinski definition) is 0. The highest BCUT2D eigenvalue weighted by molar-refractivity contribution is 5.79. The normalized spacial score (nSPS) is 11.3. The molecule has 0 spiro atoms. The molecule has 1 aromatic heterocycles. The minimum atomic E-state index is 0.680. The predicted octanol–water partition coefficient (Wildman–Crippen LogP) is 5.98. The zero-order valence-electron chi connectivity index (χ0n) is 16.1. The summed E-state index contributed by atoms with van der Waals surface area (Å²) in [7, 11) is 0. The molecule has 3 aromatic carbocycles. The van der Waals surface area contributed by atoms with Gasteiger partial charge in [0.2, 0.25) is 0 Å². The van der Waals surface area contributed by atoms with Crippen LogP contribution in [0.5, 0.6) is 5.75 Å². The second-order valence-corrected chi connectivity index (χ2v) is 6.82. The first-order valence-electron chi connectivity index (χ1n) is 9.68. The van der Waals surface area contributed by atoms with Crippen LogP contribution in [-0.4, -0.2) is 16.2 Å². The first kappa shape index (κ1) is 18.1. The van der Waals surface area contributed by atoms with E-state index >= 15 is 0 Å². The van der Waals surface area contributed by atoms with Gasteiger partial charge in [-0.25, -0.2) is 4.98 Å². The van der Waals surface area contributed by atoms with E-state index < -0.39 is 0 Å². The average molecular weight is 368 g/mol. The van der Waals surface area contributed by atoms with E-state index in [0.29, 0.717) is 6.61 Å². The molecule has 0 aliphatic rings. The third kappa shape index (κ3) is 4.15. The van der Waals surface area contributed by atoms with Crippen LogP contribution in [0.15, 0.2) is 78.9 Å². The molecule has 140 valence electrons. The molecule has 0 fully saturated rings. The molecule has 3 heteroatoms. The van der Waals surface area contributed by atoms with E-state index in [2.05, 4.69) is 60.0 Å². The molecule has 1 heterocycles. The number of ether oxygens (including phenoxy) is 1. The Morgan fingerprint density at radius 2 is 1.61 bits per heavy atom. The SMILES string of the molecule is Cc1ccccc1OCCCn1c(/C=C/c2ccccc2)nc2ccccc21. The van der Waals surface area contributed by atoms with Crippen LogP contribution in [0.1, 0.15) is 23.4 Å². The second kappa shape index (κ2) is 8.57. The fourth-order valence-electron chi connectivity index (χ4n) is 3.31. The monoisotopic (exact) mass is 368 g/mol. The number of fused-ring (bicyclic) bond motifs is 1. The lowest BCUT2D eigenvalue weighted by Gasteiger charge is -2.10. The summed E-state index contributed by atoms with van der Waals surface area (Å²) in [6.07, 6.45) is 5.12. The lowest BCUT2D eigenvalue weighted by molar-refractivity contribution is 0.300. The molecule has 28 heavy (non-hydrogen) atoms. The molecule has 0 unspecified atom stereocenters. The van der Waals surface area contributed by atoms with Gasteiger partial charge in [0, 0.05) is 6.54 Å². The topological polar surface area (TPSA) is 27.1 Å². The molecular weight excluding hydrogens is 344 g/mol. The van der Waals surface area contributed by atoms with Gasteiger partial charge in [0.1, 0.15) is 11.6 Å². The van der Waals surface area contributed by atoms with E-state index in [1.165, 1.54) is 11.1 Å². The Hall–Kier alpha value is -3.33. The summed E-state index contributed by atoms with van der Waals surface area (Å²) >= 11 is 0. The number of para-hydroxylation sites is 3. The highest BCUT2D eigenvalue weighted by Crippen LogP contribution is 2.20. The highest BCUT2D eigenvalue weighted by Gasteiger charge is 2.08. The lowest BCUT2D eigenvalue weighted by Crippen LogP contribution is -2.06. The zero-order valence-corrected chi connectivity index (χ0v) is 16.1. The maximum absolute atomic E-state index is 5.96. The number of aromatic nitrogens is 2. The van der Waals surface area contributed by atoms with Gasteiger partial charge in [0.25, 0.3) is 0 Å². The van der Waals surface area contributed by atoms with Gasteiger partial charge < -0.3 is 9.30 Å². The second-order valence-electron chi connectivity index (χ2n) is 6.82. The van der Waals surface area contributed by atoms with Crippen molar-refractivity contribution in [3.8, 4) is 5.75 Å². The van der Waals surface area contributed by atoms with Gasteiger partial charge in [0.05, 0.1) is 17.6 Å². The minimum absolute atomic E-state index is 0.680. The van der Waals surface area contributed by atoms with Crippen LogP contribution in [0.2, 0.25) is 0 Å². The maximum Gasteiger partial charge on any atom is 0.133 e. The number of rotatable bonds is 7. The van der Waals surface area contributed by atoms with E-state index in [9.17, 15) is 0 Å². The molecule has 3 nitrogen and oxygen atoms in total. The Kier molecular flexibility index (Phi) is 5.53. The van der Waals surface area contributed by atoms with Gasteiger partial charge in [0.15, 0.2) is 0 Å². The van der Waals surface area contributed by atoms with Gasteiger partial charge in [-0.05, 0) is 48.7 Å². The van der Waals surface area contributed by atoms with Crippen molar-refractivity contribution in [2.24, 2.45) is 0 Å². The molecule has 0 radical (unpaired) electrons. The van der Waals surface area contributed by atoms with Crippen LogP contribution in [0.3, 0.4) is 0 Å². The van der Waals surface area contributed by atoms with Crippen molar-refractivity contribution < 1.29 is 4.74 Å². The van der Waals surface area contributed by atoms with Gasteiger partial charge in [-0.2, -0.15) is 0 Å². The number of hydrogen-bond acceptors (Lipinski definition) is 2. The summed E-state index contributed by atoms with van der Waals surface area (Å²) < 4.78 is 8.24. The van der Waals surface area contributed by atoms with Gasteiger partial charge >= 0.3 is 0 Å². The van der Waals surface area contributed by atoms with E-state index in [1.807, 2.05) is 42.5 Å². The number of imidazole rings is 1. The summed E-state index contributed by atoms with van der Waals surface area (Å²) in [4.78, 5) is 4.81. The van der Waals surface area contributed by atoms with Crippen LogP contribution in [-0.2, 0) is 6.54 Å². The van der Waals surface area contributed by atoms with Crippen molar-refractivity contribution in [2.45, 2.75) is 19.9 Å². The van der Waals surface area contributed by atoms with E-state index in [1.54, 1.807) is 0 Å². The van der Waals surface area contributed by atoms with Gasteiger partial charge in [-0.1, -0.05) is 66.7 Å². The zero-order chi connectivity index (χ0) is 19.2. The lowest BCUT2D eigenvalue weighted by atomic mass is 10.2. The van der Waals surface area contributed by atoms with Crippen molar-refractivity contribution in [1.29, 1.82) is 0 Å². The number of benzene rings is 3. The Bertz CT molecular complexity index is 1080. The van der Waals surface area contributed by atoms with Crippen molar-refractivity contribution in [3.05, 3.63) is 95.8 Å². The minimum Gasteiger partial charge on any atom is -0.493 e. The summed E-state index contributed by atoms with van der Waals surface area (Å²) in [5.74, 6) is 1.93. The summed E-state index contributed by atoms with van der Waals surface area (Å²) in [5, 5.41) is 0. The Morgan fingerprint density at radius 3 is 2.46 bits per heavy atom. The molecule has 4 aromatic rings. The highest BCUT2D eigenvalue weighted by atomic mass is 16.5. The molecule has 0 bridgehead atoms. The van der Waals surface area contributed by atoms with Crippen LogP contribution in [0, 0.1) is 6.92 Å². The number of aryl methyl sites for hydroxylation is 2. The standard InChI is InChI=1S/C25H24N2O/c1-20-10-5-8-15-24(20)28-19-9-18-27-23-14-7-6-13-22(23)26-25(27)17-16-21-11-3-2-4-12-21/h2-8,10-17H,9,18-19H2,1H3/b17-16+. The number of nitrogens with zero attached hydrogens (tertiary/aromatic N) is 2. The molecule has 0 aliphatic heterocycles. The largest absolute Gasteiger partial charge is 0.493 e. The Morgan fingerprint density at radius 1 is 0.857 bits per heavy atom. The van der Waals surface area contributed by atoms with Crippen molar-refractivity contribution in [1.82, 2.24) is 9.55 Å². The van der Waals surface area contributed by atoms with Gasteiger partial charge in [-0.15, -0.1) is 0 Å². The molecule has 0 saturated carbocycles. The van der Waals surface area contributed by atoms with Gasteiger partial charge in [-0.3, -0.25) is 0 Å². The quantitative estimate of drug-likeness (QED) is 0.375. The summed E-state index contributed by atoms with van der Waals surface area (Å²) in [5.41, 5.74) is 4.52.